The number of hydrazine groups is 1. The molecule has 3 aromatic rings. The zero-order valence-electron chi connectivity index (χ0n) is 16.3. The van der Waals surface area contributed by atoms with E-state index in [0.717, 1.165) is 5.39 Å². The van der Waals surface area contributed by atoms with Gasteiger partial charge in [0, 0.05) is 30.1 Å². The van der Waals surface area contributed by atoms with Crippen molar-refractivity contribution in [2.75, 3.05) is 18.6 Å². The van der Waals surface area contributed by atoms with Gasteiger partial charge in [0.1, 0.15) is 11.4 Å². The molecule has 152 valence electrons. The molecule has 30 heavy (non-hydrogen) atoms. The summed E-state index contributed by atoms with van der Waals surface area (Å²) in [4.78, 5) is 43.1. The van der Waals surface area contributed by atoms with Crippen LogP contribution in [-0.2, 0) is 9.59 Å². The van der Waals surface area contributed by atoms with Crippen LogP contribution in [0.3, 0.4) is 0 Å². The Morgan fingerprint density at radius 1 is 1.07 bits per heavy atom. The number of amides is 3. The topological polar surface area (TPSA) is 101 Å². The third-order valence-corrected chi connectivity index (χ3v) is 4.99. The number of fused-ring (bicyclic) bond motifs is 1. The summed E-state index contributed by atoms with van der Waals surface area (Å²) in [7, 11) is 1.55. The number of aromatic nitrogens is 1. The van der Waals surface area contributed by atoms with Crippen molar-refractivity contribution in [3.8, 4) is 5.75 Å². The number of anilines is 1. The van der Waals surface area contributed by atoms with Crippen molar-refractivity contribution in [2.45, 2.75) is 6.42 Å². The van der Waals surface area contributed by atoms with Gasteiger partial charge in [-0.2, -0.15) is 0 Å². The maximum Gasteiger partial charge on any atom is 0.288 e. The monoisotopic (exact) mass is 404 g/mol. The lowest BCUT2D eigenvalue weighted by Gasteiger charge is -2.17. The van der Waals surface area contributed by atoms with Crippen molar-refractivity contribution in [1.29, 1.82) is 0 Å². The maximum atomic E-state index is 12.5. The molecule has 1 aromatic heterocycles. The smallest absolute Gasteiger partial charge is 0.288 e. The Labute approximate surface area is 172 Å². The molecule has 8 heteroatoms. The van der Waals surface area contributed by atoms with E-state index >= 15 is 0 Å². The number of hydrogen-bond donors (Lipinski definition) is 2. The lowest BCUT2D eigenvalue weighted by atomic mass is 10.1. The van der Waals surface area contributed by atoms with Crippen molar-refractivity contribution < 1.29 is 19.1 Å². The Morgan fingerprint density at radius 3 is 2.73 bits per heavy atom. The molecule has 0 radical (unpaired) electrons. The minimum Gasteiger partial charge on any atom is -0.497 e. The maximum absolute atomic E-state index is 12.5. The molecular formula is C22H20N4O4. The number of pyridine rings is 1. The molecule has 3 amide bonds. The van der Waals surface area contributed by atoms with E-state index in [1.54, 1.807) is 48.4 Å². The van der Waals surface area contributed by atoms with Gasteiger partial charge in [-0.25, -0.2) is 4.98 Å². The molecule has 0 bridgehead atoms. The highest BCUT2D eigenvalue weighted by atomic mass is 16.5. The predicted octanol–water partition coefficient (Wildman–Crippen LogP) is 2.06. The minimum absolute atomic E-state index is 0.0626. The van der Waals surface area contributed by atoms with Crippen LogP contribution in [0.5, 0.6) is 5.75 Å². The first-order chi connectivity index (χ1) is 14.5. The lowest BCUT2D eigenvalue weighted by Crippen LogP contribution is -2.45. The molecule has 2 aromatic carbocycles. The first-order valence-corrected chi connectivity index (χ1v) is 9.45. The Balaban J connectivity index is 1.37. The summed E-state index contributed by atoms with van der Waals surface area (Å²) in [5, 5.41) is 0.917. The van der Waals surface area contributed by atoms with Crippen LogP contribution in [0.1, 0.15) is 16.9 Å². The fourth-order valence-electron chi connectivity index (χ4n) is 3.39. The van der Waals surface area contributed by atoms with Gasteiger partial charge in [-0.3, -0.25) is 25.2 Å². The second kappa shape index (κ2) is 8.20. The van der Waals surface area contributed by atoms with Gasteiger partial charge in [-0.05, 0) is 24.3 Å². The zero-order valence-corrected chi connectivity index (χ0v) is 16.3. The van der Waals surface area contributed by atoms with Crippen molar-refractivity contribution >= 4 is 34.3 Å². The Bertz CT molecular complexity index is 1130. The van der Waals surface area contributed by atoms with Crippen LogP contribution in [0, 0.1) is 5.92 Å². The summed E-state index contributed by atoms with van der Waals surface area (Å²) in [5.74, 6) is -1.06. The standard InChI is InChI=1S/C22H20N4O4/c1-30-17-7-4-6-16(12-17)26-13-15(11-20(26)27)21(28)24-25-22(29)19-10-9-14-5-2-3-8-18(14)23-19/h2-10,12,15H,11,13H2,1H3,(H,24,28)(H,25,29)/t15-/m0/s1. The van der Waals surface area contributed by atoms with E-state index in [-0.39, 0.29) is 24.6 Å². The average Bonchev–Trinajstić information content (AvgIpc) is 3.18. The van der Waals surface area contributed by atoms with E-state index in [0.29, 0.717) is 17.0 Å². The van der Waals surface area contributed by atoms with Crippen LogP contribution in [0.4, 0.5) is 5.69 Å². The van der Waals surface area contributed by atoms with Crippen molar-refractivity contribution in [2.24, 2.45) is 5.92 Å². The highest BCUT2D eigenvalue weighted by molar-refractivity contribution is 6.01. The lowest BCUT2D eigenvalue weighted by molar-refractivity contribution is -0.126. The molecule has 1 fully saturated rings. The number of hydrogen-bond acceptors (Lipinski definition) is 5. The van der Waals surface area contributed by atoms with Crippen molar-refractivity contribution in [3.05, 3.63) is 66.4 Å². The number of nitrogens with zero attached hydrogens (tertiary/aromatic N) is 2. The van der Waals surface area contributed by atoms with Gasteiger partial charge in [0.15, 0.2) is 0 Å². The van der Waals surface area contributed by atoms with E-state index in [2.05, 4.69) is 15.8 Å². The van der Waals surface area contributed by atoms with Gasteiger partial charge in [0.05, 0.1) is 18.5 Å². The van der Waals surface area contributed by atoms with Crippen molar-refractivity contribution in [1.82, 2.24) is 15.8 Å². The second-order valence-electron chi connectivity index (χ2n) is 6.94. The molecule has 1 atom stereocenters. The van der Waals surface area contributed by atoms with E-state index in [1.165, 1.54) is 0 Å². The minimum atomic E-state index is -0.575. The number of benzene rings is 2. The predicted molar refractivity (Wildman–Crippen MR) is 111 cm³/mol. The molecule has 2 heterocycles. The number of carbonyl (C=O) groups excluding carboxylic acids is 3. The van der Waals surface area contributed by atoms with Gasteiger partial charge in [0.2, 0.25) is 11.8 Å². The molecule has 0 aliphatic carbocycles. The van der Waals surface area contributed by atoms with Crippen LogP contribution in [0.2, 0.25) is 0 Å². The molecule has 2 N–H and O–H groups in total. The van der Waals surface area contributed by atoms with Crippen LogP contribution >= 0.6 is 0 Å². The summed E-state index contributed by atoms with van der Waals surface area (Å²) in [5.41, 5.74) is 6.32. The molecule has 1 saturated heterocycles. The van der Waals surface area contributed by atoms with E-state index in [4.69, 9.17) is 4.74 Å². The summed E-state index contributed by atoms with van der Waals surface area (Å²) >= 11 is 0. The number of ether oxygens (including phenoxy) is 1. The number of nitrogens with one attached hydrogen (secondary N) is 2. The normalized spacial score (nSPS) is 15.8. The molecule has 0 spiro atoms. The fraction of sp³-hybridized carbons (Fsp3) is 0.182. The van der Waals surface area contributed by atoms with E-state index < -0.39 is 17.7 Å². The van der Waals surface area contributed by atoms with E-state index in [1.807, 2.05) is 24.3 Å². The zero-order chi connectivity index (χ0) is 21.1. The van der Waals surface area contributed by atoms with Crippen molar-refractivity contribution in [3.63, 3.8) is 0 Å². The Hall–Kier alpha value is -3.94. The summed E-state index contributed by atoms with van der Waals surface area (Å²) < 4.78 is 5.19. The molecule has 4 rings (SSSR count). The number of carbonyl (C=O) groups is 3. The second-order valence-corrected chi connectivity index (χ2v) is 6.94. The quantitative estimate of drug-likeness (QED) is 0.649. The first-order valence-electron chi connectivity index (χ1n) is 9.45. The number of methoxy groups -OCH3 is 1. The molecule has 8 nitrogen and oxygen atoms in total. The van der Waals surface area contributed by atoms with Crippen LogP contribution in [-0.4, -0.2) is 36.4 Å². The Kier molecular flexibility index (Phi) is 5.30. The molecular weight excluding hydrogens is 384 g/mol. The summed E-state index contributed by atoms with van der Waals surface area (Å²) in [6, 6.07) is 17.9. The van der Waals surface area contributed by atoms with Gasteiger partial charge < -0.3 is 9.64 Å². The average molecular weight is 404 g/mol. The molecule has 0 unspecified atom stereocenters. The molecule has 1 aliphatic heterocycles. The fourth-order valence-corrected chi connectivity index (χ4v) is 3.39. The highest BCUT2D eigenvalue weighted by Crippen LogP contribution is 2.27. The molecule has 0 saturated carbocycles. The number of para-hydroxylation sites is 1. The van der Waals surface area contributed by atoms with E-state index in [9.17, 15) is 14.4 Å². The SMILES string of the molecule is COc1cccc(N2C[C@@H](C(=O)NNC(=O)c3ccc4ccccc4n3)CC2=O)c1. The van der Waals surface area contributed by atoms with Crippen LogP contribution in [0.15, 0.2) is 60.7 Å². The highest BCUT2D eigenvalue weighted by Gasteiger charge is 2.35. The van der Waals surface area contributed by atoms with Gasteiger partial charge >= 0.3 is 0 Å². The first kappa shape index (κ1) is 19.4. The summed E-state index contributed by atoms with van der Waals surface area (Å²) in [6.07, 6.45) is 0.0626. The third-order valence-electron chi connectivity index (χ3n) is 4.99. The van der Waals surface area contributed by atoms with Gasteiger partial charge in [0.25, 0.3) is 5.91 Å². The Morgan fingerprint density at radius 2 is 1.90 bits per heavy atom. The van der Waals surface area contributed by atoms with Crippen LogP contribution in [0.25, 0.3) is 10.9 Å². The van der Waals surface area contributed by atoms with Crippen LogP contribution < -0.4 is 20.5 Å². The number of rotatable bonds is 4. The summed E-state index contributed by atoms with van der Waals surface area (Å²) in [6.45, 7) is 0.224. The largest absolute Gasteiger partial charge is 0.497 e. The third kappa shape index (κ3) is 3.93. The molecule has 1 aliphatic rings. The van der Waals surface area contributed by atoms with Gasteiger partial charge in [-0.15, -0.1) is 0 Å². The van der Waals surface area contributed by atoms with Gasteiger partial charge in [-0.1, -0.05) is 30.3 Å².